The molecule has 1 amide bonds. The summed E-state index contributed by atoms with van der Waals surface area (Å²) >= 11 is 5.89. The van der Waals surface area contributed by atoms with E-state index in [4.69, 9.17) is 11.6 Å². The molecule has 148 valence electrons. The summed E-state index contributed by atoms with van der Waals surface area (Å²) in [5, 5.41) is 14.8. The molecule has 27 heavy (non-hydrogen) atoms. The van der Waals surface area contributed by atoms with Gasteiger partial charge in [0.1, 0.15) is 5.69 Å². The number of hydrogen-bond donors (Lipinski definition) is 1. The quantitative estimate of drug-likeness (QED) is 0.613. The van der Waals surface area contributed by atoms with Crippen LogP contribution in [0.25, 0.3) is 0 Å². The van der Waals surface area contributed by atoms with Gasteiger partial charge >= 0.3 is 0 Å². The van der Waals surface area contributed by atoms with Gasteiger partial charge in [0.15, 0.2) is 0 Å². The Bertz CT molecular complexity index is 692. The molecule has 2 aliphatic rings. The third-order valence-electron chi connectivity index (χ3n) is 5.67. The monoisotopic (exact) mass is 394 g/mol. The second kappa shape index (κ2) is 8.89. The molecule has 1 saturated heterocycles. The molecule has 7 nitrogen and oxygen atoms in total. The van der Waals surface area contributed by atoms with Crippen molar-refractivity contribution in [2.24, 2.45) is 5.92 Å². The number of nitro benzene ring substituents is 1. The molecule has 0 spiro atoms. The van der Waals surface area contributed by atoms with Gasteiger partial charge in [-0.3, -0.25) is 19.8 Å². The molecule has 0 radical (unpaired) electrons. The van der Waals surface area contributed by atoms with E-state index < -0.39 is 4.92 Å². The van der Waals surface area contributed by atoms with Crippen LogP contribution in [0.2, 0.25) is 5.02 Å². The van der Waals surface area contributed by atoms with E-state index in [0.29, 0.717) is 55.4 Å². The van der Waals surface area contributed by atoms with E-state index in [1.165, 1.54) is 25.3 Å². The summed E-state index contributed by atoms with van der Waals surface area (Å²) in [4.78, 5) is 27.4. The van der Waals surface area contributed by atoms with Crippen molar-refractivity contribution in [2.45, 2.75) is 38.6 Å². The minimum Gasteiger partial charge on any atom is -0.363 e. The molecular formula is C19H27ClN4O3. The average Bonchev–Trinajstić information content (AvgIpc) is 2.64. The molecule has 1 aromatic rings. The van der Waals surface area contributed by atoms with Gasteiger partial charge in [-0.15, -0.1) is 0 Å². The Morgan fingerprint density at radius 2 is 1.96 bits per heavy atom. The molecule has 0 bridgehead atoms. The minimum atomic E-state index is -0.396. The number of carbonyl (C=O) groups is 1. The molecule has 8 heteroatoms. The van der Waals surface area contributed by atoms with Crippen LogP contribution < -0.4 is 10.2 Å². The van der Waals surface area contributed by atoms with Crippen LogP contribution in [0.15, 0.2) is 18.2 Å². The number of benzene rings is 1. The van der Waals surface area contributed by atoms with Crippen molar-refractivity contribution in [2.75, 3.05) is 37.6 Å². The molecule has 1 aliphatic carbocycles. The Balaban J connectivity index is 1.52. The van der Waals surface area contributed by atoms with Crippen molar-refractivity contribution in [1.29, 1.82) is 0 Å². The predicted molar refractivity (Wildman–Crippen MR) is 106 cm³/mol. The lowest BCUT2D eigenvalue weighted by atomic mass is 9.86. The van der Waals surface area contributed by atoms with Crippen LogP contribution >= 0.6 is 11.6 Å². The Kier molecular flexibility index (Phi) is 6.55. The van der Waals surface area contributed by atoms with Crippen LogP contribution in [0.5, 0.6) is 0 Å². The van der Waals surface area contributed by atoms with E-state index in [1.54, 1.807) is 12.1 Å². The zero-order valence-corrected chi connectivity index (χ0v) is 16.5. The van der Waals surface area contributed by atoms with Gasteiger partial charge in [-0.05, 0) is 30.9 Å². The fraction of sp³-hybridized carbons (Fsp3) is 0.632. The number of amides is 1. The molecule has 0 aromatic heterocycles. The van der Waals surface area contributed by atoms with E-state index in [-0.39, 0.29) is 11.6 Å². The highest BCUT2D eigenvalue weighted by Gasteiger charge is 2.26. The van der Waals surface area contributed by atoms with E-state index >= 15 is 0 Å². The molecule has 3 rings (SSSR count). The van der Waals surface area contributed by atoms with Gasteiger partial charge in [0.05, 0.1) is 11.5 Å². The van der Waals surface area contributed by atoms with E-state index in [0.717, 1.165) is 6.42 Å². The number of piperazine rings is 1. The van der Waals surface area contributed by atoms with Gasteiger partial charge in [-0.25, -0.2) is 0 Å². The number of anilines is 1. The van der Waals surface area contributed by atoms with Gasteiger partial charge < -0.3 is 10.2 Å². The Labute approximate surface area is 164 Å². The smallest absolute Gasteiger partial charge is 0.294 e. The maximum Gasteiger partial charge on any atom is 0.294 e. The Morgan fingerprint density at radius 3 is 2.63 bits per heavy atom. The number of nitrogens with zero attached hydrogens (tertiary/aromatic N) is 3. The van der Waals surface area contributed by atoms with Crippen molar-refractivity contribution in [3.8, 4) is 0 Å². The highest BCUT2D eigenvalue weighted by atomic mass is 35.5. The van der Waals surface area contributed by atoms with E-state index in [1.807, 2.05) is 4.90 Å². The molecule has 1 aromatic carbocycles. The minimum absolute atomic E-state index is 0.0278. The molecule has 1 heterocycles. The van der Waals surface area contributed by atoms with Crippen molar-refractivity contribution in [3.05, 3.63) is 33.3 Å². The van der Waals surface area contributed by atoms with Crippen LogP contribution in [-0.4, -0.2) is 54.5 Å². The molecule has 1 saturated carbocycles. The number of rotatable bonds is 5. The standard InChI is InChI=1S/C19H27ClN4O3/c1-14-4-2-3-5-16(14)21-19(25)13-22-8-10-23(11-9-22)17-7-6-15(20)12-18(17)24(26)27/h6-7,12,14,16H,2-5,8-11,13H2,1H3,(H,21,25). The predicted octanol–water partition coefficient (Wildman–Crippen LogP) is 3.07. The first-order valence-corrected chi connectivity index (χ1v) is 10.0. The van der Waals surface area contributed by atoms with Gasteiger partial charge in [0.2, 0.25) is 5.91 Å². The van der Waals surface area contributed by atoms with Crippen molar-refractivity contribution in [3.63, 3.8) is 0 Å². The molecule has 2 unspecified atom stereocenters. The highest BCUT2D eigenvalue weighted by Crippen LogP contribution is 2.31. The van der Waals surface area contributed by atoms with Gasteiger partial charge in [-0.1, -0.05) is 31.4 Å². The topological polar surface area (TPSA) is 78.7 Å². The van der Waals surface area contributed by atoms with Crippen LogP contribution in [0.4, 0.5) is 11.4 Å². The van der Waals surface area contributed by atoms with Crippen LogP contribution in [0, 0.1) is 16.0 Å². The number of halogens is 1. The van der Waals surface area contributed by atoms with E-state index in [9.17, 15) is 14.9 Å². The Hall–Kier alpha value is -1.86. The highest BCUT2D eigenvalue weighted by molar-refractivity contribution is 6.30. The van der Waals surface area contributed by atoms with Gasteiger partial charge in [0.25, 0.3) is 5.69 Å². The summed E-state index contributed by atoms with van der Waals surface area (Å²) in [5.41, 5.74) is 0.615. The summed E-state index contributed by atoms with van der Waals surface area (Å²) in [6, 6.07) is 5.06. The second-order valence-corrected chi connectivity index (χ2v) is 8.03. The molecule has 2 atom stereocenters. The fourth-order valence-corrected chi connectivity index (χ4v) is 4.21. The number of carbonyl (C=O) groups excluding carboxylic acids is 1. The number of hydrogen-bond acceptors (Lipinski definition) is 5. The molecular weight excluding hydrogens is 368 g/mol. The maximum atomic E-state index is 12.4. The third kappa shape index (κ3) is 5.11. The molecule has 1 aliphatic heterocycles. The van der Waals surface area contributed by atoms with Crippen LogP contribution in [-0.2, 0) is 4.79 Å². The largest absolute Gasteiger partial charge is 0.363 e. The summed E-state index contributed by atoms with van der Waals surface area (Å²) < 4.78 is 0. The fourth-order valence-electron chi connectivity index (χ4n) is 4.04. The summed E-state index contributed by atoms with van der Waals surface area (Å²) in [7, 11) is 0. The third-order valence-corrected chi connectivity index (χ3v) is 5.91. The van der Waals surface area contributed by atoms with E-state index in [2.05, 4.69) is 17.1 Å². The molecule has 2 fully saturated rings. The normalized spacial score (nSPS) is 23.9. The van der Waals surface area contributed by atoms with Crippen molar-refractivity contribution < 1.29 is 9.72 Å². The maximum absolute atomic E-state index is 12.4. The van der Waals surface area contributed by atoms with Gasteiger partial charge in [-0.2, -0.15) is 0 Å². The SMILES string of the molecule is CC1CCCCC1NC(=O)CN1CCN(c2ccc(Cl)cc2[N+](=O)[O-])CC1. The second-order valence-electron chi connectivity index (χ2n) is 7.59. The number of nitro groups is 1. The zero-order chi connectivity index (χ0) is 19.4. The molecule has 1 N–H and O–H groups in total. The summed E-state index contributed by atoms with van der Waals surface area (Å²) in [5.74, 6) is 0.629. The van der Waals surface area contributed by atoms with Crippen LogP contribution in [0.3, 0.4) is 0 Å². The van der Waals surface area contributed by atoms with Crippen molar-refractivity contribution >= 4 is 28.9 Å². The first kappa shape index (κ1) is 19.9. The van der Waals surface area contributed by atoms with Crippen molar-refractivity contribution in [1.82, 2.24) is 10.2 Å². The lowest BCUT2D eigenvalue weighted by Gasteiger charge is -2.36. The first-order chi connectivity index (χ1) is 12.9. The van der Waals surface area contributed by atoms with Crippen LogP contribution in [0.1, 0.15) is 32.6 Å². The lowest BCUT2D eigenvalue weighted by molar-refractivity contribution is -0.384. The Morgan fingerprint density at radius 1 is 1.26 bits per heavy atom. The first-order valence-electron chi connectivity index (χ1n) is 9.64. The average molecular weight is 395 g/mol. The van der Waals surface area contributed by atoms with Gasteiger partial charge in [0, 0.05) is 43.3 Å². The summed E-state index contributed by atoms with van der Waals surface area (Å²) in [6.07, 6.45) is 4.70. The number of nitrogens with one attached hydrogen (secondary N) is 1. The summed E-state index contributed by atoms with van der Waals surface area (Å²) in [6.45, 7) is 5.30. The lowest BCUT2D eigenvalue weighted by Crippen LogP contribution is -2.51. The zero-order valence-electron chi connectivity index (χ0n) is 15.7.